The molecule has 2 N–H and O–H groups in total. The second kappa shape index (κ2) is 8.05. The van der Waals surface area contributed by atoms with Gasteiger partial charge in [0.25, 0.3) is 5.91 Å². The van der Waals surface area contributed by atoms with E-state index in [9.17, 15) is 4.79 Å². The summed E-state index contributed by atoms with van der Waals surface area (Å²) in [5.41, 5.74) is 3.80. The third-order valence-corrected chi connectivity index (χ3v) is 4.01. The molecule has 1 aromatic heterocycles. The minimum Gasteiger partial charge on any atom is -0.495 e. The van der Waals surface area contributed by atoms with Crippen molar-refractivity contribution in [1.82, 2.24) is 9.97 Å². The van der Waals surface area contributed by atoms with Crippen LogP contribution in [0.5, 0.6) is 5.75 Å². The van der Waals surface area contributed by atoms with Gasteiger partial charge in [-0.2, -0.15) is 0 Å². The summed E-state index contributed by atoms with van der Waals surface area (Å²) in [7, 11) is 1.52. The van der Waals surface area contributed by atoms with Crippen molar-refractivity contribution < 1.29 is 9.53 Å². The average molecular weight is 383 g/mol. The third kappa shape index (κ3) is 4.74. The highest BCUT2D eigenvalue weighted by molar-refractivity contribution is 6.31. The van der Waals surface area contributed by atoms with E-state index in [1.807, 2.05) is 26.0 Å². The molecule has 138 valence electrons. The van der Waals surface area contributed by atoms with Crippen LogP contribution >= 0.6 is 11.6 Å². The molecular weight excluding hydrogens is 364 g/mol. The van der Waals surface area contributed by atoms with Gasteiger partial charge in [-0.15, -0.1) is 0 Å². The van der Waals surface area contributed by atoms with Gasteiger partial charge < -0.3 is 15.4 Å². The normalized spacial score (nSPS) is 10.4. The van der Waals surface area contributed by atoms with Crippen molar-refractivity contribution >= 4 is 34.8 Å². The molecule has 6 nitrogen and oxygen atoms in total. The molecule has 0 saturated carbocycles. The SMILES string of the molecule is COc1ccc(Cl)cc1NC(=O)c1ccnc(Nc2cc(C)cc(C)c2)n1. The number of benzene rings is 2. The largest absolute Gasteiger partial charge is 0.495 e. The standard InChI is InChI=1S/C20H19ClN4O2/c1-12-8-13(2)10-15(9-12)23-20-22-7-6-16(25-20)19(26)24-17-11-14(21)4-5-18(17)27-3/h4-11H,1-3H3,(H,24,26)(H,22,23,25). The topological polar surface area (TPSA) is 76.1 Å². The molecule has 0 radical (unpaired) electrons. The van der Waals surface area contributed by atoms with Gasteiger partial charge in [-0.3, -0.25) is 4.79 Å². The molecule has 0 aliphatic heterocycles. The zero-order chi connectivity index (χ0) is 19.4. The Morgan fingerprint density at radius 1 is 1.07 bits per heavy atom. The van der Waals surface area contributed by atoms with Gasteiger partial charge in [-0.05, 0) is 61.4 Å². The Morgan fingerprint density at radius 3 is 2.52 bits per heavy atom. The van der Waals surface area contributed by atoms with Crippen LogP contribution < -0.4 is 15.4 Å². The summed E-state index contributed by atoms with van der Waals surface area (Å²) < 4.78 is 5.24. The van der Waals surface area contributed by atoms with Gasteiger partial charge in [0.15, 0.2) is 0 Å². The van der Waals surface area contributed by atoms with E-state index in [2.05, 4.69) is 26.7 Å². The number of aromatic nitrogens is 2. The summed E-state index contributed by atoms with van der Waals surface area (Å²) in [5.74, 6) is 0.461. The van der Waals surface area contributed by atoms with E-state index in [4.69, 9.17) is 16.3 Å². The summed E-state index contributed by atoms with van der Waals surface area (Å²) in [6.45, 7) is 4.03. The average Bonchev–Trinajstić information content (AvgIpc) is 2.61. The summed E-state index contributed by atoms with van der Waals surface area (Å²) in [6.07, 6.45) is 1.53. The van der Waals surface area contributed by atoms with Gasteiger partial charge in [0, 0.05) is 16.9 Å². The Bertz CT molecular complexity index is 971. The lowest BCUT2D eigenvalue weighted by molar-refractivity contribution is 0.102. The lowest BCUT2D eigenvalue weighted by atomic mass is 10.1. The Morgan fingerprint density at radius 2 is 1.81 bits per heavy atom. The van der Waals surface area contributed by atoms with Crippen molar-refractivity contribution in [3.8, 4) is 5.75 Å². The first-order valence-electron chi connectivity index (χ1n) is 8.28. The third-order valence-electron chi connectivity index (χ3n) is 3.78. The molecule has 3 aromatic rings. The Balaban J connectivity index is 1.80. The van der Waals surface area contributed by atoms with Crippen LogP contribution in [0.2, 0.25) is 5.02 Å². The fraction of sp³-hybridized carbons (Fsp3) is 0.150. The number of hydrogen-bond donors (Lipinski definition) is 2. The van der Waals surface area contributed by atoms with E-state index in [0.29, 0.717) is 22.4 Å². The number of ether oxygens (including phenoxy) is 1. The zero-order valence-corrected chi connectivity index (χ0v) is 16.0. The van der Waals surface area contributed by atoms with Crippen LogP contribution in [0.4, 0.5) is 17.3 Å². The molecule has 1 amide bonds. The van der Waals surface area contributed by atoms with Gasteiger partial charge in [0.1, 0.15) is 11.4 Å². The number of methoxy groups -OCH3 is 1. The number of halogens is 1. The predicted molar refractivity (Wildman–Crippen MR) is 107 cm³/mol. The number of carbonyl (C=O) groups excluding carboxylic acids is 1. The van der Waals surface area contributed by atoms with E-state index in [1.165, 1.54) is 13.3 Å². The maximum Gasteiger partial charge on any atom is 0.274 e. The summed E-state index contributed by atoms with van der Waals surface area (Å²) in [4.78, 5) is 21.1. The molecule has 0 atom stereocenters. The van der Waals surface area contributed by atoms with E-state index in [-0.39, 0.29) is 11.6 Å². The van der Waals surface area contributed by atoms with Gasteiger partial charge >= 0.3 is 0 Å². The lowest BCUT2D eigenvalue weighted by Gasteiger charge is -2.11. The Kier molecular flexibility index (Phi) is 5.57. The van der Waals surface area contributed by atoms with Gasteiger partial charge in [0.05, 0.1) is 12.8 Å². The number of anilines is 3. The van der Waals surface area contributed by atoms with Crippen LogP contribution in [0.25, 0.3) is 0 Å². The molecule has 0 fully saturated rings. The second-order valence-corrected chi connectivity index (χ2v) is 6.50. The first-order valence-corrected chi connectivity index (χ1v) is 8.65. The minimum atomic E-state index is -0.388. The molecule has 0 unspecified atom stereocenters. The number of amides is 1. The number of hydrogen-bond acceptors (Lipinski definition) is 5. The van der Waals surface area contributed by atoms with Crippen LogP contribution in [0.1, 0.15) is 21.6 Å². The molecule has 0 spiro atoms. The fourth-order valence-electron chi connectivity index (χ4n) is 2.69. The summed E-state index contributed by atoms with van der Waals surface area (Å²) >= 11 is 6.00. The number of rotatable bonds is 5. The quantitative estimate of drug-likeness (QED) is 0.665. The highest BCUT2D eigenvalue weighted by Crippen LogP contribution is 2.28. The first-order chi connectivity index (χ1) is 12.9. The van der Waals surface area contributed by atoms with Crippen molar-refractivity contribution in [1.29, 1.82) is 0 Å². The summed E-state index contributed by atoms with van der Waals surface area (Å²) in [6, 6.07) is 12.6. The number of carbonyl (C=O) groups is 1. The van der Waals surface area contributed by atoms with Gasteiger partial charge in [0.2, 0.25) is 5.95 Å². The monoisotopic (exact) mass is 382 g/mol. The van der Waals surface area contributed by atoms with Crippen molar-refractivity contribution in [3.05, 3.63) is 70.5 Å². The van der Waals surface area contributed by atoms with E-state index in [0.717, 1.165) is 16.8 Å². The smallest absolute Gasteiger partial charge is 0.274 e. The van der Waals surface area contributed by atoms with Crippen LogP contribution in [-0.4, -0.2) is 23.0 Å². The van der Waals surface area contributed by atoms with Gasteiger partial charge in [-0.25, -0.2) is 9.97 Å². The number of nitrogens with one attached hydrogen (secondary N) is 2. The Labute approximate surface area is 162 Å². The molecule has 3 rings (SSSR count). The predicted octanol–water partition coefficient (Wildman–Crippen LogP) is 4.75. The molecule has 7 heteroatoms. The van der Waals surface area contributed by atoms with Crippen LogP contribution in [0, 0.1) is 13.8 Å². The van der Waals surface area contributed by atoms with Crippen LogP contribution in [-0.2, 0) is 0 Å². The maximum absolute atomic E-state index is 12.6. The lowest BCUT2D eigenvalue weighted by Crippen LogP contribution is -2.15. The van der Waals surface area contributed by atoms with E-state index in [1.54, 1.807) is 24.3 Å². The highest BCUT2D eigenvalue weighted by Gasteiger charge is 2.13. The number of nitrogens with zero attached hydrogens (tertiary/aromatic N) is 2. The molecule has 0 bridgehead atoms. The van der Waals surface area contributed by atoms with E-state index >= 15 is 0 Å². The number of aryl methyl sites for hydroxylation is 2. The summed E-state index contributed by atoms with van der Waals surface area (Å²) in [5, 5.41) is 6.38. The molecule has 2 aromatic carbocycles. The second-order valence-electron chi connectivity index (χ2n) is 6.07. The molecule has 1 heterocycles. The van der Waals surface area contributed by atoms with Gasteiger partial charge in [-0.1, -0.05) is 17.7 Å². The molecule has 27 heavy (non-hydrogen) atoms. The molecule has 0 aliphatic rings. The molecular formula is C20H19ClN4O2. The first kappa shape index (κ1) is 18.7. The van der Waals surface area contributed by atoms with Crippen molar-refractivity contribution in [2.45, 2.75) is 13.8 Å². The van der Waals surface area contributed by atoms with Crippen molar-refractivity contribution in [2.24, 2.45) is 0 Å². The maximum atomic E-state index is 12.6. The van der Waals surface area contributed by atoms with Crippen molar-refractivity contribution in [2.75, 3.05) is 17.7 Å². The minimum absolute atomic E-state index is 0.221. The molecule has 0 aliphatic carbocycles. The van der Waals surface area contributed by atoms with Crippen LogP contribution in [0.3, 0.4) is 0 Å². The van der Waals surface area contributed by atoms with Crippen molar-refractivity contribution in [3.63, 3.8) is 0 Å². The highest BCUT2D eigenvalue weighted by atomic mass is 35.5. The molecule has 0 saturated heterocycles. The Hall–Kier alpha value is -3.12. The van der Waals surface area contributed by atoms with Crippen LogP contribution in [0.15, 0.2) is 48.7 Å². The van der Waals surface area contributed by atoms with E-state index < -0.39 is 0 Å². The zero-order valence-electron chi connectivity index (χ0n) is 15.2. The fourth-order valence-corrected chi connectivity index (χ4v) is 2.86.